The number of benzene rings is 2. The monoisotopic (exact) mass is 368 g/mol. The topological polar surface area (TPSA) is 20.2 Å². The summed E-state index contributed by atoms with van der Waals surface area (Å²) in [5, 5.41) is 9.02. The number of halogens is 7. The Balaban J connectivity index is 2.18. The Morgan fingerprint density at radius 1 is 0.667 bits per heavy atom. The first kappa shape index (κ1) is 18.6. The van der Waals surface area contributed by atoms with Crippen molar-refractivity contribution in [3.05, 3.63) is 70.8 Å². The molecule has 2 aromatic carbocycles. The lowest BCUT2D eigenvalue weighted by Gasteiger charge is -2.19. The van der Waals surface area contributed by atoms with Crippen LogP contribution in [0.1, 0.15) is 33.7 Å². The molecule has 1 N–H and O–H groups in total. The molecule has 8 heteroatoms. The standard InChI is InChI=1S/C16H11ClF6O/c17-13(9-1-5-11(6-2-9)15(18,19)20)14(24)10-3-7-12(8-4-10)16(21,22)23/h1-8,13-14,24H/t13-,14-/m0/s1. The Morgan fingerprint density at radius 2 is 1.00 bits per heavy atom. The van der Waals surface area contributed by atoms with E-state index in [1.54, 1.807) is 0 Å². The van der Waals surface area contributed by atoms with Crippen molar-refractivity contribution in [1.29, 1.82) is 0 Å². The van der Waals surface area contributed by atoms with Crippen LogP contribution in [0.2, 0.25) is 0 Å². The molecule has 2 aromatic rings. The first-order valence-corrected chi connectivity index (χ1v) is 7.10. The molecular formula is C16H11ClF6O. The molecule has 0 aromatic heterocycles. The summed E-state index contributed by atoms with van der Waals surface area (Å²) >= 11 is 6.03. The van der Waals surface area contributed by atoms with Gasteiger partial charge in [0.15, 0.2) is 0 Å². The van der Waals surface area contributed by atoms with Crippen molar-refractivity contribution < 1.29 is 31.4 Å². The molecular weight excluding hydrogens is 358 g/mol. The molecule has 130 valence electrons. The molecule has 0 saturated heterocycles. The molecule has 1 nitrogen and oxygen atoms in total. The van der Waals surface area contributed by atoms with Crippen LogP contribution in [0.5, 0.6) is 0 Å². The second-order valence-electron chi connectivity index (χ2n) is 5.09. The van der Waals surface area contributed by atoms with Gasteiger partial charge in [-0.25, -0.2) is 0 Å². The molecule has 0 bridgehead atoms. The van der Waals surface area contributed by atoms with E-state index in [-0.39, 0.29) is 11.1 Å². The van der Waals surface area contributed by atoms with Crippen LogP contribution in [0.4, 0.5) is 26.3 Å². The van der Waals surface area contributed by atoms with Gasteiger partial charge in [-0.3, -0.25) is 0 Å². The van der Waals surface area contributed by atoms with Crippen LogP contribution in [-0.4, -0.2) is 5.11 Å². The average Bonchev–Trinajstić information content (AvgIpc) is 2.52. The van der Waals surface area contributed by atoms with Crippen LogP contribution in [0.15, 0.2) is 48.5 Å². The predicted octanol–water partition coefficient (Wildman–Crippen LogP) is 5.74. The second kappa shape index (κ2) is 6.64. The zero-order chi connectivity index (χ0) is 18.1. The predicted molar refractivity (Wildman–Crippen MR) is 76.4 cm³/mol. The molecule has 2 rings (SSSR count). The highest BCUT2D eigenvalue weighted by molar-refractivity contribution is 6.21. The van der Waals surface area contributed by atoms with E-state index in [0.29, 0.717) is 0 Å². The normalized spacial score (nSPS) is 15.2. The van der Waals surface area contributed by atoms with Crippen molar-refractivity contribution in [2.75, 3.05) is 0 Å². The molecule has 0 aliphatic rings. The summed E-state index contributed by atoms with van der Waals surface area (Å²) in [7, 11) is 0. The van der Waals surface area contributed by atoms with Crippen molar-refractivity contribution in [3.63, 3.8) is 0 Å². The summed E-state index contributed by atoms with van der Waals surface area (Å²) in [6.45, 7) is 0. The number of aliphatic hydroxyl groups is 1. The quantitative estimate of drug-likeness (QED) is 0.541. The van der Waals surface area contributed by atoms with E-state index in [9.17, 15) is 31.4 Å². The van der Waals surface area contributed by atoms with Gasteiger partial charge in [0.1, 0.15) is 0 Å². The highest BCUT2D eigenvalue weighted by Crippen LogP contribution is 2.37. The second-order valence-corrected chi connectivity index (χ2v) is 5.56. The minimum Gasteiger partial charge on any atom is -0.387 e. The number of hydrogen-bond donors (Lipinski definition) is 1. The van der Waals surface area contributed by atoms with Crippen molar-refractivity contribution in [3.8, 4) is 0 Å². The van der Waals surface area contributed by atoms with Crippen LogP contribution < -0.4 is 0 Å². The first-order chi connectivity index (χ1) is 11.0. The van der Waals surface area contributed by atoms with Crippen molar-refractivity contribution >= 4 is 11.6 Å². The molecule has 2 atom stereocenters. The van der Waals surface area contributed by atoms with Crippen molar-refractivity contribution in [2.24, 2.45) is 0 Å². The minimum atomic E-state index is -4.50. The highest BCUT2D eigenvalue weighted by Gasteiger charge is 2.32. The van der Waals surface area contributed by atoms with Crippen LogP contribution in [0, 0.1) is 0 Å². The van der Waals surface area contributed by atoms with Gasteiger partial charge in [0.05, 0.1) is 22.6 Å². The summed E-state index contributed by atoms with van der Waals surface area (Å²) in [6, 6.07) is 7.64. The summed E-state index contributed by atoms with van der Waals surface area (Å²) in [4.78, 5) is 0. The van der Waals surface area contributed by atoms with Gasteiger partial charge in [0, 0.05) is 0 Å². The third-order valence-electron chi connectivity index (χ3n) is 3.41. The molecule has 0 radical (unpaired) electrons. The third kappa shape index (κ3) is 4.21. The van der Waals surface area contributed by atoms with Crippen LogP contribution >= 0.6 is 11.6 Å². The van der Waals surface area contributed by atoms with Gasteiger partial charge in [-0.1, -0.05) is 24.3 Å². The lowest BCUT2D eigenvalue weighted by Crippen LogP contribution is -2.09. The fourth-order valence-corrected chi connectivity index (χ4v) is 2.37. The first-order valence-electron chi connectivity index (χ1n) is 6.66. The van der Waals surface area contributed by atoms with Gasteiger partial charge < -0.3 is 5.11 Å². The molecule has 0 saturated carbocycles. The number of rotatable bonds is 3. The van der Waals surface area contributed by atoms with E-state index in [4.69, 9.17) is 11.6 Å². The van der Waals surface area contributed by atoms with Gasteiger partial charge in [-0.15, -0.1) is 11.6 Å². The zero-order valence-electron chi connectivity index (χ0n) is 11.9. The summed E-state index contributed by atoms with van der Waals surface area (Å²) in [5.41, 5.74) is -1.39. The molecule has 0 aliphatic heterocycles. The molecule has 0 amide bonds. The maximum absolute atomic E-state index is 12.5. The minimum absolute atomic E-state index is 0.128. The maximum Gasteiger partial charge on any atom is 0.416 e. The maximum atomic E-state index is 12.5. The SMILES string of the molecule is O[C@@H](c1ccc(C(F)(F)F)cc1)[C@@H](Cl)c1ccc(C(F)(F)F)cc1. The molecule has 0 spiro atoms. The summed E-state index contributed by atoms with van der Waals surface area (Å²) in [6.07, 6.45) is -10.4. The molecule has 0 unspecified atom stereocenters. The summed E-state index contributed by atoms with van der Waals surface area (Å²) in [5.74, 6) is 0. The van der Waals surface area contributed by atoms with Gasteiger partial charge in [-0.05, 0) is 35.4 Å². The van der Waals surface area contributed by atoms with Gasteiger partial charge in [-0.2, -0.15) is 26.3 Å². The molecule has 0 aliphatic carbocycles. The van der Waals surface area contributed by atoms with Crippen molar-refractivity contribution in [2.45, 2.75) is 23.8 Å². The number of hydrogen-bond acceptors (Lipinski definition) is 1. The molecule has 0 heterocycles. The lowest BCUT2D eigenvalue weighted by atomic mass is 9.99. The van der Waals surface area contributed by atoms with E-state index in [2.05, 4.69) is 0 Å². The fourth-order valence-electron chi connectivity index (χ4n) is 2.08. The highest BCUT2D eigenvalue weighted by atomic mass is 35.5. The summed E-state index contributed by atoms with van der Waals surface area (Å²) < 4.78 is 75.0. The van der Waals surface area contributed by atoms with E-state index >= 15 is 0 Å². The Bertz CT molecular complexity index is 614. The Hall–Kier alpha value is -1.73. The Labute approximate surface area is 138 Å². The van der Waals surface area contributed by atoms with Crippen LogP contribution in [0.3, 0.4) is 0 Å². The Kier molecular flexibility index (Phi) is 5.15. The van der Waals surface area contributed by atoms with Gasteiger partial charge >= 0.3 is 12.4 Å². The van der Waals surface area contributed by atoms with Gasteiger partial charge in [0.25, 0.3) is 0 Å². The third-order valence-corrected chi connectivity index (χ3v) is 3.90. The lowest BCUT2D eigenvalue weighted by molar-refractivity contribution is -0.138. The Morgan fingerprint density at radius 3 is 1.33 bits per heavy atom. The van der Waals surface area contributed by atoms with E-state index in [1.807, 2.05) is 0 Å². The smallest absolute Gasteiger partial charge is 0.387 e. The van der Waals surface area contributed by atoms with E-state index < -0.39 is 35.0 Å². The zero-order valence-corrected chi connectivity index (χ0v) is 12.6. The fraction of sp³-hybridized carbons (Fsp3) is 0.250. The molecule has 0 fully saturated rings. The van der Waals surface area contributed by atoms with Crippen molar-refractivity contribution in [1.82, 2.24) is 0 Å². The van der Waals surface area contributed by atoms with E-state index in [0.717, 1.165) is 48.5 Å². The number of aliphatic hydroxyl groups excluding tert-OH is 1. The van der Waals surface area contributed by atoms with Crippen LogP contribution in [0.25, 0.3) is 0 Å². The van der Waals surface area contributed by atoms with Crippen LogP contribution in [-0.2, 0) is 12.4 Å². The largest absolute Gasteiger partial charge is 0.416 e. The molecule has 24 heavy (non-hydrogen) atoms. The average molecular weight is 369 g/mol. The number of alkyl halides is 7. The van der Waals surface area contributed by atoms with E-state index in [1.165, 1.54) is 0 Å². The van der Waals surface area contributed by atoms with Gasteiger partial charge in [0.2, 0.25) is 0 Å².